The molecule has 0 fully saturated rings. The Balaban J connectivity index is 1.83. The molecule has 1 atom stereocenters. The molecule has 1 aromatic carbocycles. The smallest absolute Gasteiger partial charge is 0.128 e. The predicted octanol–water partition coefficient (Wildman–Crippen LogP) is 2.59. The van der Waals surface area contributed by atoms with E-state index >= 15 is 0 Å². The van der Waals surface area contributed by atoms with Crippen molar-refractivity contribution in [3.05, 3.63) is 59.7 Å². The van der Waals surface area contributed by atoms with Crippen LogP contribution in [-0.4, -0.2) is 33.6 Å². The summed E-state index contributed by atoms with van der Waals surface area (Å²) in [6.07, 6.45) is 2.97. The molecule has 21 heavy (non-hydrogen) atoms. The van der Waals surface area contributed by atoms with Gasteiger partial charge < -0.3 is 10.0 Å². The molecular weight excluding hydrogens is 262 g/mol. The first-order chi connectivity index (χ1) is 10.2. The van der Waals surface area contributed by atoms with E-state index in [1.165, 1.54) is 0 Å². The average Bonchev–Trinajstić information content (AvgIpc) is 2.53. The first-order valence-corrected chi connectivity index (χ1v) is 7.41. The molecule has 1 aromatic heterocycles. The normalized spacial score (nSPS) is 12.6. The maximum absolute atomic E-state index is 10.2. The molecular formula is C17H23N3O. The van der Waals surface area contributed by atoms with E-state index in [-0.39, 0.29) is 0 Å². The Morgan fingerprint density at radius 2 is 1.95 bits per heavy atom. The van der Waals surface area contributed by atoms with Crippen LogP contribution in [0.3, 0.4) is 0 Å². The van der Waals surface area contributed by atoms with Crippen molar-refractivity contribution in [2.45, 2.75) is 32.4 Å². The lowest BCUT2D eigenvalue weighted by atomic mass is 10.1. The monoisotopic (exact) mass is 285 g/mol. The number of aliphatic hydroxyl groups is 1. The zero-order valence-corrected chi connectivity index (χ0v) is 12.7. The molecule has 0 aliphatic carbocycles. The summed E-state index contributed by atoms with van der Waals surface area (Å²) in [6.45, 7) is 3.65. The molecule has 112 valence electrons. The lowest BCUT2D eigenvalue weighted by molar-refractivity contribution is 0.147. The number of benzene rings is 1. The highest BCUT2D eigenvalue weighted by atomic mass is 16.3. The summed E-state index contributed by atoms with van der Waals surface area (Å²) >= 11 is 0. The minimum absolute atomic E-state index is 0.412. The van der Waals surface area contributed by atoms with Crippen LogP contribution in [0.25, 0.3) is 0 Å². The van der Waals surface area contributed by atoms with Gasteiger partial charge in [-0.15, -0.1) is 0 Å². The van der Waals surface area contributed by atoms with Gasteiger partial charge in [-0.05, 0) is 25.1 Å². The summed E-state index contributed by atoms with van der Waals surface area (Å²) in [7, 11) is 2.05. The van der Waals surface area contributed by atoms with Crippen molar-refractivity contribution in [1.82, 2.24) is 14.9 Å². The molecule has 0 bridgehead atoms. The molecule has 0 saturated carbocycles. The average molecular weight is 285 g/mol. The Labute approximate surface area is 126 Å². The van der Waals surface area contributed by atoms with E-state index in [1.807, 2.05) is 49.6 Å². The first-order valence-electron chi connectivity index (χ1n) is 7.41. The fourth-order valence-electron chi connectivity index (χ4n) is 2.24. The number of nitrogens with zero attached hydrogens (tertiary/aromatic N) is 3. The standard InChI is InChI=1S/C17H23N3O/c1-3-17-18-11-9-15(19-17)13-20(2)12-10-16(21)14-7-5-4-6-8-14/h4-9,11,16,21H,3,10,12-13H2,1-2H3/t16-/m0/s1. The summed E-state index contributed by atoms with van der Waals surface area (Å²) in [6, 6.07) is 11.7. The van der Waals surface area contributed by atoms with Gasteiger partial charge in [0.1, 0.15) is 5.82 Å². The molecule has 2 aromatic rings. The number of aliphatic hydroxyl groups excluding tert-OH is 1. The van der Waals surface area contributed by atoms with E-state index in [9.17, 15) is 5.11 Å². The maximum atomic E-state index is 10.2. The van der Waals surface area contributed by atoms with E-state index in [4.69, 9.17) is 0 Å². The minimum Gasteiger partial charge on any atom is -0.388 e. The molecule has 4 heteroatoms. The predicted molar refractivity (Wildman–Crippen MR) is 83.8 cm³/mol. The van der Waals surface area contributed by atoms with Crippen molar-refractivity contribution in [3.63, 3.8) is 0 Å². The van der Waals surface area contributed by atoms with E-state index in [0.717, 1.165) is 36.6 Å². The molecule has 0 spiro atoms. The van der Waals surface area contributed by atoms with Gasteiger partial charge in [-0.3, -0.25) is 0 Å². The molecule has 2 rings (SSSR count). The highest BCUT2D eigenvalue weighted by Gasteiger charge is 2.09. The molecule has 4 nitrogen and oxygen atoms in total. The van der Waals surface area contributed by atoms with Crippen molar-refractivity contribution >= 4 is 0 Å². The van der Waals surface area contributed by atoms with Gasteiger partial charge in [0.25, 0.3) is 0 Å². The number of aryl methyl sites for hydroxylation is 1. The zero-order valence-electron chi connectivity index (χ0n) is 12.7. The van der Waals surface area contributed by atoms with Gasteiger partial charge in [0.2, 0.25) is 0 Å². The van der Waals surface area contributed by atoms with Gasteiger partial charge in [0.05, 0.1) is 11.8 Å². The Kier molecular flexibility index (Phi) is 5.84. The van der Waals surface area contributed by atoms with Crippen molar-refractivity contribution in [1.29, 1.82) is 0 Å². The third kappa shape index (κ3) is 4.92. The van der Waals surface area contributed by atoms with Crippen molar-refractivity contribution < 1.29 is 5.11 Å². The Hall–Kier alpha value is -1.78. The molecule has 0 saturated heterocycles. The van der Waals surface area contributed by atoms with Gasteiger partial charge >= 0.3 is 0 Å². The minimum atomic E-state index is -0.412. The van der Waals surface area contributed by atoms with Gasteiger partial charge in [-0.2, -0.15) is 0 Å². The van der Waals surface area contributed by atoms with Crippen molar-refractivity contribution in [3.8, 4) is 0 Å². The molecule has 0 amide bonds. The van der Waals surface area contributed by atoms with Crippen LogP contribution >= 0.6 is 0 Å². The zero-order chi connectivity index (χ0) is 15.1. The highest BCUT2D eigenvalue weighted by molar-refractivity contribution is 5.17. The second-order valence-corrected chi connectivity index (χ2v) is 5.27. The molecule has 1 heterocycles. The lowest BCUT2D eigenvalue weighted by Gasteiger charge is -2.18. The number of hydrogen-bond donors (Lipinski definition) is 1. The highest BCUT2D eigenvalue weighted by Crippen LogP contribution is 2.16. The topological polar surface area (TPSA) is 49.2 Å². The Morgan fingerprint density at radius 3 is 2.67 bits per heavy atom. The molecule has 0 aliphatic heterocycles. The van der Waals surface area contributed by atoms with Gasteiger partial charge in [-0.25, -0.2) is 9.97 Å². The van der Waals surface area contributed by atoms with Gasteiger partial charge in [0.15, 0.2) is 0 Å². The summed E-state index contributed by atoms with van der Waals surface area (Å²) in [5.41, 5.74) is 2.00. The SMILES string of the molecule is CCc1nccc(CN(C)CC[C@H](O)c2ccccc2)n1. The van der Waals surface area contributed by atoms with Crippen LogP contribution in [0.5, 0.6) is 0 Å². The largest absolute Gasteiger partial charge is 0.388 e. The first kappa shape index (κ1) is 15.6. The number of hydrogen-bond acceptors (Lipinski definition) is 4. The van der Waals surface area contributed by atoms with Crippen LogP contribution in [0.15, 0.2) is 42.6 Å². The van der Waals surface area contributed by atoms with E-state index < -0.39 is 6.10 Å². The third-order valence-electron chi connectivity index (χ3n) is 3.48. The van der Waals surface area contributed by atoms with Crippen molar-refractivity contribution in [2.75, 3.05) is 13.6 Å². The summed E-state index contributed by atoms with van der Waals surface area (Å²) < 4.78 is 0. The van der Waals surface area contributed by atoms with Crippen LogP contribution in [0.2, 0.25) is 0 Å². The molecule has 0 aliphatic rings. The third-order valence-corrected chi connectivity index (χ3v) is 3.48. The van der Waals surface area contributed by atoms with Crippen LogP contribution in [0.4, 0.5) is 0 Å². The number of rotatable bonds is 7. The van der Waals surface area contributed by atoms with Crippen LogP contribution in [-0.2, 0) is 13.0 Å². The summed E-state index contributed by atoms with van der Waals surface area (Å²) in [4.78, 5) is 10.9. The van der Waals surface area contributed by atoms with Crippen LogP contribution in [0.1, 0.15) is 36.5 Å². The van der Waals surface area contributed by atoms with E-state index in [1.54, 1.807) is 0 Å². The number of aromatic nitrogens is 2. The maximum Gasteiger partial charge on any atom is 0.128 e. The van der Waals surface area contributed by atoms with E-state index in [0.29, 0.717) is 6.42 Å². The molecule has 0 unspecified atom stereocenters. The Bertz CT molecular complexity index is 545. The summed E-state index contributed by atoms with van der Waals surface area (Å²) in [5, 5.41) is 10.2. The second kappa shape index (κ2) is 7.86. The second-order valence-electron chi connectivity index (χ2n) is 5.27. The quantitative estimate of drug-likeness (QED) is 0.849. The van der Waals surface area contributed by atoms with Crippen molar-refractivity contribution in [2.24, 2.45) is 0 Å². The fourth-order valence-corrected chi connectivity index (χ4v) is 2.24. The van der Waals surface area contributed by atoms with Crippen LogP contribution in [0, 0.1) is 0 Å². The fraction of sp³-hybridized carbons (Fsp3) is 0.412. The molecule has 0 radical (unpaired) electrons. The molecule has 1 N–H and O–H groups in total. The summed E-state index contributed by atoms with van der Waals surface area (Å²) in [5.74, 6) is 0.880. The van der Waals surface area contributed by atoms with E-state index in [2.05, 4.69) is 21.8 Å². The van der Waals surface area contributed by atoms with Gasteiger partial charge in [0, 0.05) is 25.7 Å². The Morgan fingerprint density at radius 1 is 1.19 bits per heavy atom. The lowest BCUT2D eigenvalue weighted by Crippen LogP contribution is -2.21. The van der Waals surface area contributed by atoms with Gasteiger partial charge in [-0.1, -0.05) is 37.3 Å². The van der Waals surface area contributed by atoms with Crippen LogP contribution < -0.4 is 0 Å².